The Labute approximate surface area is 112 Å². The lowest BCUT2D eigenvalue weighted by atomic mass is 9.96. The number of hydrogen-bond donors (Lipinski definition) is 3. The third-order valence-corrected chi connectivity index (χ3v) is 3.67. The van der Waals surface area contributed by atoms with Gasteiger partial charge in [-0.05, 0) is 24.6 Å². The number of hydrogen-bond acceptors (Lipinski definition) is 4. The molecule has 1 fully saturated rings. The van der Waals surface area contributed by atoms with Crippen molar-refractivity contribution in [2.75, 3.05) is 13.2 Å². The molecule has 2 unspecified atom stereocenters. The number of amides is 1. The van der Waals surface area contributed by atoms with Crippen molar-refractivity contribution < 1.29 is 14.6 Å². The van der Waals surface area contributed by atoms with Gasteiger partial charge in [0, 0.05) is 31.7 Å². The first-order chi connectivity index (χ1) is 9.05. The van der Waals surface area contributed by atoms with Gasteiger partial charge >= 0.3 is 0 Å². The summed E-state index contributed by atoms with van der Waals surface area (Å²) in [6.45, 7) is 3.00. The topological polar surface area (TPSA) is 84.6 Å². The molecule has 1 saturated heterocycles. The van der Waals surface area contributed by atoms with Crippen LogP contribution in [0.25, 0.3) is 0 Å². The minimum Gasteiger partial charge on any atom is -0.385 e. The standard InChI is InChI=1S/C14H20N2O3/c1-10-14(18,6-7-19-10)9-16-13(17)12-4-2-11(8-15)3-5-12/h2-5,10,18H,6-9,15H2,1H3,(H,16,17). The third-order valence-electron chi connectivity index (χ3n) is 3.67. The molecule has 1 heterocycles. The SMILES string of the molecule is CC1OCCC1(O)CNC(=O)c1ccc(CN)cc1. The second kappa shape index (κ2) is 5.69. The van der Waals surface area contributed by atoms with Crippen LogP contribution in [0.1, 0.15) is 29.3 Å². The largest absolute Gasteiger partial charge is 0.385 e. The minimum absolute atomic E-state index is 0.198. The maximum atomic E-state index is 12.0. The van der Waals surface area contributed by atoms with Crippen LogP contribution in [0.4, 0.5) is 0 Å². The summed E-state index contributed by atoms with van der Waals surface area (Å²) in [7, 11) is 0. The summed E-state index contributed by atoms with van der Waals surface area (Å²) < 4.78 is 5.32. The van der Waals surface area contributed by atoms with Crippen LogP contribution >= 0.6 is 0 Å². The number of rotatable bonds is 4. The van der Waals surface area contributed by atoms with Crippen molar-refractivity contribution >= 4 is 5.91 Å². The molecule has 1 aliphatic heterocycles. The Morgan fingerprint density at radius 1 is 1.53 bits per heavy atom. The Balaban J connectivity index is 1.93. The maximum Gasteiger partial charge on any atom is 0.251 e. The van der Waals surface area contributed by atoms with E-state index in [2.05, 4.69) is 5.32 Å². The Hall–Kier alpha value is -1.43. The molecule has 19 heavy (non-hydrogen) atoms. The van der Waals surface area contributed by atoms with Crippen LogP contribution in [0.5, 0.6) is 0 Å². The van der Waals surface area contributed by atoms with E-state index in [1.165, 1.54) is 0 Å². The first kappa shape index (κ1) is 14.0. The molecule has 0 bridgehead atoms. The molecule has 0 saturated carbocycles. The Morgan fingerprint density at radius 3 is 2.74 bits per heavy atom. The van der Waals surface area contributed by atoms with E-state index in [4.69, 9.17) is 10.5 Å². The van der Waals surface area contributed by atoms with Crippen molar-refractivity contribution in [3.8, 4) is 0 Å². The van der Waals surface area contributed by atoms with E-state index in [9.17, 15) is 9.90 Å². The van der Waals surface area contributed by atoms with E-state index < -0.39 is 5.60 Å². The summed E-state index contributed by atoms with van der Waals surface area (Å²) in [4.78, 5) is 12.0. The third kappa shape index (κ3) is 3.12. The zero-order chi connectivity index (χ0) is 13.9. The molecule has 2 rings (SSSR count). The van der Waals surface area contributed by atoms with Crippen LogP contribution in [0.3, 0.4) is 0 Å². The van der Waals surface area contributed by atoms with Gasteiger partial charge in [-0.1, -0.05) is 12.1 Å². The van der Waals surface area contributed by atoms with E-state index in [1.54, 1.807) is 12.1 Å². The fourth-order valence-electron chi connectivity index (χ4n) is 2.13. The summed E-state index contributed by atoms with van der Waals surface area (Å²) in [5, 5.41) is 13.0. The fraction of sp³-hybridized carbons (Fsp3) is 0.500. The molecule has 1 aromatic carbocycles. The molecular formula is C14H20N2O3. The van der Waals surface area contributed by atoms with Gasteiger partial charge in [-0.15, -0.1) is 0 Å². The number of nitrogens with two attached hydrogens (primary N) is 1. The van der Waals surface area contributed by atoms with Crippen molar-refractivity contribution in [1.29, 1.82) is 0 Å². The van der Waals surface area contributed by atoms with Crippen LogP contribution < -0.4 is 11.1 Å². The average molecular weight is 264 g/mol. The van der Waals surface area contributed by atoms with Crippen molar-refractivity contribution in [2.45, 2.75) is 31.6 Å². The molecule has 5 heteroatoms. The van der Waals surface area contributed by atoms with Gasteiger partial charge < -0.3 is 20.9 Å². The summed E-state index contributed by atoms with van der Waals surface area (Å²) in [6, 6.07) is 7.11. The average Bonchev–Trinajstić information content (AvgIpc) is 2.77. The quantitative estimate of drug-likeness (QED) is 0.735. The van der Waals surface area contributed by atoms with E-state index >= 15 is 0 Å². The van der Waals surface area contributed by atoms with Crippen LogP contribution in [0.15, 0.2) is 24.3 Å². The lowest BCUT2D eigenvalue weighted by Crippen LogP contribution is -2.47. The van der Waals surface area contributed by atoms with Gasteiger partial charge in [0.15, 0.2) is 0 Å². The number of aliphatic hydroxyl groups is 1. The summed E-state index contributed by atoms with van der Waals surface area (Å²) in [5.74, 6) is -0.198. The molecule has 1 aromatic rings. The van der Waals surface area contributed by atoms with E-state index in [0.717, 1.165) is 5.56 Å². The molecule has 1 aliphatic rings. The Morgan fingerprint density at radius 2 is 2.21 bits per heavy atom. The highest BCUT2D eigenvalue weighted by Gasteiger charge is 2.39. The van der Waals surface area contributed by atoms with Gasteiger partial charge in [0.1, 0.15) is 5.60 Å². The summed E-state index contributed by atoms with van der Waals surface area (Å²) >= 11 is 0. The van der Waals surface area contributed by atoms with Crippen LogP contribution in [-0.2, 0) is 11.3 Å². The molecule has 0 aliphatic carbocycles. The van der Waals surface area contributed by atoms with E-state index in [1.807, 2.05) is 19.1 Å². The minimum atomic E-state index is -0.965. The number of carbonyl (C=O) groups is 1. The van der Waals surface area contributed by atoms with Gasteiger partial charge in [0.2, 0.25) is 0 Å². The predicted molar refractivity (Wildman–Crippen MR) is 71.6 cm³/mol. The number of ether oxygens (including phenoxy) is 1. The second-order valence-electron chi connectivity index (χ2n) is 4.95. The zero-order valence-electron chi connectivity index (χ0n) is 11.1. The van der Waals surface area contributed by atoms with E-state index in [-0.39, 0.29) is 18.6 Å². The lowest BCUT2D eigenvalue weighted by Gasteiger charge is -2.26. The molecule has 0 radical (unpaired) electrons. The highest BCUT2D eigenvalue weighted by Crippen LogP contribution is 2.24. The summed E-state index contributed by atoms with van der Waals surface area (Å²) in [5.41, 5.74) is 6.08. The molecule has 4 N–H and O–H groups in total. The first-order valence-corrected chi connectivity index (χ1v) is 6.46. The zero-order valence-corrected chi connectivity index (χ0v) is 11.1. The normalized spacial score (nSPS) is 26.4. The lowest BCUT2D eigenvalue weighted by molar-refractivity contribution is -0.0251. The molecule has 104 valence electrons. The van der Waals surface area contributed by atoms with Crippen molar-refractivity contribution in [3.05, 3.63) is 35.4 Å². The first-order valence-electron chi connectivity index (χ1n) is 6.46. The number of carbonyl (C=O) groups excluding carboxylic acids is 1. The fourth-order valence-corrected chi connectivity index (χ4v) is 2.13. The molecule has 5 nitrogen and oxygen atoms in total. The highest BCUT2D eigenvalue weighted by atomic mass is 16.5. The molecule has 0 aromatic heterocycles. The molecular weight excluding hydrogens is 244 g/mol. The van der Waals surface area contributed by atoms with Crippen LogP contribution in [-0.4, -0.2) is 35.9 Å². The highest BCUT2D eigenvalue weighted by molar-refractivity contribution is 5.94. The van der Waals surface area contributed by atoms with E-state index in [0.29, 0.717) is 25.1 Å². The van der Waals surface area contributed by atoms with Gasteiger partial charge in [-0.2, -0.15) is 0 Å². The Kier molecular flexibility index (Phi) is 4.19. The van der Waals surface area contributed by atoms with Crippen molar-refractivity contribution in [3.63, 3.8) is 0 Å². The number of benzene rings is 1. The second-order valence-corrected chi connectivity index (χ2v) is 4.95. The van der Waals surface area contributed by atoms with Crippen LogP contribution in [0.2, 0.25) is 0 Å². The predicted octanol–water partition coefficient (Wildman–Crippen LogP) is 0.415. The van der Waals surface area contributed by atoms with Crippen molar-refractivity contribution in [1.82, 2.24) is 5.32 Å². The van der Waals surface area contributed by atoms with Gasteiger partial charge in [-0.25, -0.2) is 0 Å². The number of nitrogens with one attached hydrogen (secondary N) is 1. The smallest absolute Gasteiger partial charge is 0.251 e. The van der Waals surface area contributed by atoms with Gasteiger partial charge in [0.05, 0.1) is 6.10 Å². The molecule has 0 spiro atoms. The molecule has 2 atom stereocenters. The molecule has 1 amide bonds. The van der Waals surface area contributed by atoms with Crippen molar-refractivity contribution in [2.24, 2.45) is 5.73 Å². The van der Waals surface area contributed by atoms with Gasteiger partial charge in [-0.3, -0.25) is 4.79 Å². The Bertz CT molecular complexity index is 447. The maximum absolute atomic E-state index is 12.0. The monoisotopic (exact) mass is 264 g/mol. The van der Waals surface area contributed by atoms with Gasteiger partial charge in [0.25, 0.3) is 5.91 Å². The summed E-state index contributed by atoms with van der Waals surface area (Å²) in [6.07, 6.45) is 0.285. The van der Waals surface area contributed by atoms with Crippen LogP contribution in [0, 0.1) is 0 Å².